The SMILES string of the molecule is Ic1ccc(OCC2CCCCC2)nc1. The van der Waals surface area contributed by atoms with Gasteiger partial charge in [-0.3, -0.25) is 0 Å². The van der Waals surface area contributed by atoms with E-state index in [-0.39, 0.29) is 0 Å². The van der Waals surface area contributed by atoms with E-state index in [1.807, 2.05) is 18.3 Å². The van der Waals surface area contributed by atoms with Crippen molar-refractivity contribution in [3.8, 4) is 5.88 Å². The molecule has 1 aromatic rings. The van der Waals surface area contributed by atoms with Crippen molar-refractivity contribution in [3.63, 3.8) is 0 Å². The molecule has 1 heterocycles. The zero-order chi connectivity index (χ0) is 10.5. The number of pyridine rings is 1. The van der Waals surface area contributed by atoms with Crippen LogP contribution in [0.15, 0.2) is 18.3 Å². The van der Waals surface area contributed by atoms with Crippen LogP contribution in [0.25, 0.3) is 0 Å². The molecule has 1 aromatic heterocycles. The van der Waals surface area contributed by atoms with Crippen LogP contribution in [0.5, 0.6) is 5.88 Å². The fraction of sp³-hybridized carbons (Fsp3) is 0.583. The standard InChI is InChI=1S/C12H16INO/c13-11-6-7-12(14-8-11)15-9-10-4-2-1-3-5-10/h6-8,10H,1-5,9H2. The molecule has 3 heteroatoms. The van der Waals surface area contributed by atoms with Gasteiger partial charge in [-0.2, -0.15) is 0 Å². The molecule has 0 amide bonds. The Morgan fingerprint density at radius 1 is 1.27 bits per heavy atom. The number of nitrogens with zero attached hydrogens (tertiary/aromatic N) is 1. The Bertz CT molecular complexity index is 293. The molecular formula is C12H16INO. The van der Waals surface area contributed by atoms with Crippen molar-refractivity contribution in [1.82, 2.24) is 4.98 Å². The lowest BCUT2D eigenvalue weighted by atomic mass is 9.90. The highest BCUT2D eigenvalue weighted by Gasteiger charge is 2.13. The summed E-state index contributed by atoms with van der Waals surface area (Å²) in [6.45, 7) is 0.841. The predicted octanol–water partition coefficient (Wildman–Crippen LogP) is 3.65. The normalized spacial score (nSPS) is 17.7. The largest absolute Gasteiger partial charge is 0.477 e. The maximum Gasteiger partial charge on any atom is 0.213 e. The summed E-state index contributed by atoms with van der Waals surface area (Å²) in [5.41, 5.74) is 0. The highest BCUT2D eigenvalue weighted by molar-refractivity contribution is 14.1. The maximum atomic E-state index is 5.69. The van der Waals surface area contributed by atoms with Gasteiger partial charge in [0.2, 0.25) is 5.88 Å². The Balaban J connectivity index is 1.79. The van der Waals surface area contributed by atoms with Crippen LogP contribution in [0.3, 0.4) is 0 Å². The summed E-state index contributed by atoms with van der Waals surface area (Å²) in [7, 11) is 0. The molecule has 15 heavy (non-hydrogen) atoms. The van der Waals surface area contributed by atoms with Gasteiger partial charge >= 0.3 is 0 Å². The second-order valence-electron chi connectivity index (χ2n) is 4.13. The molecule has 2 nitrogen and oxygen atoms in total. The molecule has 0 bridgehead atoms. The minimum Gasteiger partial charge on any atom is -0.477 e. The molecule has 1 aliphatic carbocycles. The van der Waals surface area contributed by atoms with E-state index in [9.17, 15) is 0 Å². The minimum absolute atomic E-state index is 0.750. The zero-order valence-electron chi connectivity index (χ0n) is 8.79. The van der Waals surface area contributed by atoms with E-state index in [2.05, 4.69) is 27.6 Å². The van der Waals surface area contributed by atoms with Gasteiger partial charge in [-0.05, 0) is 47.4 Å². The van der Waals surface area contributed by atoms with Gasteiger partial charge in [0, 0.05) is 15.8 Å². The van der Waals surface area contributed by atoms with Crippen molar-refractivity contribution in [3.05, 3.63) is 21.9 Å². The lowest BCUT2D eigenvalue weighted by Crippen LogP contribution is -2.15. The molecular weight excluding hydrogens is 301 g/mol. The summed E-state index contributed by atoms with van der Waals surface area (Å²) < 4.78 is 6.84. The first-order chi connectivity index (χ1) is 7.34. The lowest BCUT2D eigenvalue weighted by Gasteiger charge is -2.21. The van der Waals surface area contributed by atoms with E-state index in [1.54, 1.807) is 0 Å². The average Bonchev–Trinajstić information content (AvgIpc) is 2.30. The summed E-state index contributed by atoms with van der Waals surface area (Å²) >= 11 is 2.25. The van der Waals surface area contributed by atoms with Crippen molar-refractivity contribution >= 4 is 22.6 Å². The molecule has 1 saturated carbocycles. The Kier molecular flexibility index (Phi) is 4.23. The zero-order valence-corrected chi connectivity index (χ0v) is 10.9. The third-order valence-electron chi connectivity index (χ3n) is 2.89. The fourth-order valence-electron chi connectivity index (χ4n) is 2.00. The first-order valence-corrected chi connectivity index (χ1v) is 6.67. The Morgan fingerprint density at radius 3 is 2.73 bits per heavy atom. The number of ether oxygens (including phenoxy) is 1. The molecule has 82 valence electrons. The monoisotopic (exact) mass is 317 g/mol. The highest BCUT2D eigenvalue weighted by atomic mass is 127. The first kappa shape index (κ1) is 11.2. The van der Waals surface area contributed by atoms with Gasteiger partial charge in [0.25, 0.3) is 0 Å². The van der Waals surface area contributed by atoms with Crippen LogP contribution < -0.4 is 4.74 Å². The summed E-state index contributed by atoms with van der Waals surface area (Å²) in [4.78, 5) is 4.23. The van der Waals surface area contributed by atoms with E-state index >= 15 is 0 Å². The van der Waals surface area contributed by atoms with Gasteiger partial charge in [0.15, 0.2) is 0 Å². The number of aromatic nitrogens is 1. The summed E-state index contributed by atoms with van der Waals surface area (Å²) in [6, 6.07) is 3.98. The molecule has 2 rings (SSSR count). The second-order valence-corrected chi connectivity index (χ2v) is 5.38. The van der Waals surface area contributed by atoms with Crippen molar-refractivity contribution in [2.24, 2.45) is 5.92 Å². The summed E-state index contributed by atoms with van der Waals surface area (Å²) in [6.07, 6.45) is 8.63. The maximum absolute atomic E-state index is 5.69. The number of hydrogen-bond acceptors (Lipinski definition) is 2. The van der Waals surface area contributed by atoms with Gasteiger partial charge in [0.1, 0.15) is 0 Å². The van der Waals surface area contributed by atoms with E-state index in [4.69, 9.17) is 4.74 Å². The van der Waals surface area contributed by atoms with E-state index in [1.165, 1.54) is 32.1 Å². The molecule has 0 atom stereocenters. The number of halogens is 1. The molecule has 0 spiro atoms. The number of rotatable bonds is 3. The summed E-state index contributed by atoms with van der Waals surface area (Å²) in [5.74, 6) is 1.51. The van der Waals surface area contributed by atoms with Crippen LogP contribution in [-0.2, 0) is 0 Å². The molecule has 0 radical (unpaired) electrons. The van der Waals surface area contributed by atoms with Crippen LogP contribution in [0.2, 0.25) is 0 Å². The van der Waals surface area contributed by atoms with Gasteiger partial charge < -0.3 is 4.74 Å². The summed E-state index contributed by atoms with van der Waals surface area (Å²) in [5, 5.41) is 0. The third-order valence-corrected chi connectivity index (χ3v) is 3.53. The van der Waals surface area contributed by atoms with E-state index in [0.717, 1.165) is 22.0 Å². The topological polar surface area (TPSA) is 22.1 Å². The minimum atomic E-state index is 0.750. The molecule has 0 unspecified atom stereocenters. The van der Waals surface area contributed by atoms with Crippen LogP contribution in [0.1, 0.15) is 32.1 Å². The second kappa shape index (κ2) is 5.68. The van der Waals surface area contributed by atoms with Crippen molar-refractivity contribution in [2.75, 3.05) is 6.61 Å². The molecule has 0 N–H and O–H groups in total. The molecule has 1 aliphatic rings. The van der Waals surface area contributed by atoms with Crippen molar-refractivity contribution in [1.29, 1.82) is 0 Å². The molecule has 0 aromatic carbocycles. The van der Waals surface area contributed by atoms with Crippen LogP contribution in [-0.4, -0.2) is 11.6 Å². The average molecular weight is 317 g/mol. The Hall–Kier alpha value is -0.320. The van der Waals surface area contributed by atoms with E-state index < -0.39 is 0 Å². The Morgan fingerprint density at radius 2 is 2.07 bits per heavy atom. The van der Waals surface area contributed by atoms with Crippen LogP contribution in [0.4, 0.5) is 0 Å². The first-order valence-electron chi connectivity index (χ1n) is 5.59. The highest BCUT2D eigenvalue weighted by Crippen LogP contribution is 2.24. The predicted molar refractivity (Wildman–Crippen MR) is 69.0 cm³/mol. The smallest absolute Gasteiger partial charge is 0.213 e. The fourth-order valence-corrected chi connectivity index (χ4v) is 2.32. The van der Waals surface area contributed by atoms with Crippen molar-refractivity contribution < 1.29 is 4.74 Å². The molecule has 0 saturated heterocycles. The van der Waals surface area contributed by atoms with Crippen molar-refractivity contribution in [2.45, 2.75) is 32.1 Å². The van der Waals surface area contributed by atoms with Gasteiger partial charge in [0.05, 0.1) is 6.61 Å². The lowest BCUT2D eigenvalue weighted by molar-refractivity contribution is 0.203. The van der Waals surface area contributed by atoms with Gasteiger partial charge in [-0.1, -0.05) is 19.3 Å². The van der Waals surface area contributed by atoms with Crippen LogP contribution in [0, 0.1) is 9.49 Å². The quantitative estimate of drug-likeness (QED) is 0.794. The number of hydrogen-bond donors (Lipinski definition) is 0. The molecule has 1 fully saturated rings. The van der Waals surface area contributed by atoms with Gasteiger partial charge in [-0.15, -0.1) is 0 Å². The van der Waals surface area contributed by atoms with E-state index in [0.29, 0.717) is 0 Å². The molecule has 0 aliphatic heterocycles. The third kappa shape index (κ3) is 3.63. The van der Waals surface area contributed by atoms with Gasteiger partial charge in [-0.25, -0.2) is 4.98 Å². The Labute approximate surface area is 105 Å². The van der Waals surface area contributed by atoms with Crippen LogP contribution >= 0.6 is 22.6 Å².